The van der Waals surface area contributed by atoms with E-state index in [1.54, 1.807) is 7.11 Å². The van der Waals surface area contributed by atoms with Gasteiger partial charge in [0.1, 0.15) is 12.0 Å². The third-order valence-corrected chi connectivity index (χ3v) is 2.65. The molecule has 2 aromatic rings. The molecule has 0 fully saturated rings. The summed E-state index contributed by atoms with van der Waals surface area (Å²) in [6, 6.07) is 18.0. The van der Waals surface area contributed by atoms with Crippen molar-refractivity contribution in [2.24, 2.45) is 0 Å². The molecule has 0 heterocycles. The topological polar surface area (TPSA) is 26.3 Å². The van der Waals surface area contributed by atoms with E-state index in [4.69, 9.17) is 4.74 Å². The maximum absolute atomic E-state index is 10.1. The molecule has 0 aliphatic rings. The summed E-state index contributed by atoms with van der Waals surface area (Å²) in [5, 5.41) is 0. The molecule has 0 bridgehead atoms. The summed E-state index contributed by atoms with van der Waals surface area (Å²) in [4.78, 5) is 10.1. The quantitative estimate of drug-likeness (QED) is 0.777. The van der Waals surface area contributed by atoms with Crippen LogP contribution in [0.5, 0.6) is 5.75 Å². The van der Waals surface area contributed by atoms with Gasteiger partial charge < -0.3 is 9.53 Å². The van der Waals surface area contributed by atoms with Crippen LogP contribution in [0.25, 0.3) is 0 Å². The van der Waals surface area contributed by atoms with Crippen molar-refractivity contribution in [3.05, 3.63) is 65.7 Å². The second kappa shape index (κ2) is 8.92. The second-order valence-electron chi connectivity index (χ2n) is 4.21. The van der Waals surface area contributed by atoms with Crippen LogP contribution in [0.15, 0.2) is 54.6 Å². The van der Waals surface area contributed by atoms with E-state index in [0.717, 1.165) is 18.5 Å². The van der Waals surface area contributed by atoms with Crippen LogP contribution in [0.4, 0.5) is 0 Å². The Bertz CT molecular complexity index is 460. The molecular formula is C17H20O2. The molecule has 0 amide bonds. The molecule has 0 aliphatic heterocycles. The van der Waals surface area contributed by atoms with Crippen molar-refractivity contribution in [2.75, 3.05) is 7.11 Å². The third-order valence-electron chi connectivity index (χ3n) is 2.65. The molecular weight excluding hydrogens is 236 g/mol. The number of hydrogen-bond donors (Lipinski definition) is 0. The summed E-state index contributed by atoms with van der Waals surface area (Å²) in [5.41, 5.74) is 2.49. The van der Waals surface area contributed by atoms with Gasteiger partial charge in [-0.15, -0.1) is 0 Å². The average Bonchev–Trinajstić information content (AvgIpc) is 2.47. The summed E-state index contributed by atoms with van der Waals surface area (Å²) in [5.74, 6) is 0.852. The number of rotatable bonds is 4. The van der Waals surface area contributed by atoms with Gasteiger partial charge >= 0.3 is 0 Å². The molecule has 0 atom stereocenters. The summed E-state index contributed by atoms with van der Waals surface area (Å²) < 4.78 is 5.00. The molecule has 2 rings (SSSR count). The number of ether oxygens (including phenoxy) is 1. The highest BCUT2D eigenvalue weighted by atomic mass is 16.5. The fourth-order valence-corrected chi connectivity index (χ4v) is 1.55. The molecule has 0 saturated carbocycles. The van der Waals surface area contributed by atoms with Gasteiger partial charge in [-0.3, -0.25) is 0 Å². The second-order valence-corrected chi connectivity index (χ2v) is 4.21. The van der Waals surface area contributed by atoms with E-state index in [1.165, 1.54) is 11.1 Å². The van der Waals surface area contributed by atoms with Gasteiger partial charge in [0.2, 0.25) is 0 Å². The summed E-state index contributed by atoms with van der Waals surface area (Å²) in [6.07, 6.45) is 2.34. The van der Waals surface area contributed by atoms with E-state index in [9.17, 15) is 4.79 Å². The molecule has 2 nitrogen and oxygen atoms in total. The summed E-state index contributed by atoms with van der Waals surface area (Å²) in [6.45, 7) is 2.08. The number of aryl methyl sites for hydroxylation is 2. The Morgan fingerprint density at radius 2 is 1.63 bits per heavy atom. The van der Waals surface area contributed by atoms with E-state index >= 15 is 0 Å². The van der Waals surface area contributed by atoms with E-state index in [1.807, 2.05) is 42.5 Å². The van der Waals surface area contributed by atoms with Crippen LogP contribution >= 0.6 is 0 Å². The highest BCUT2D eigenvalue weighted by Gasteiger charge is 1.92. The van der Waals surface area contributed by atoms with E-state index in [2.05, 4.69) is 19.1 Å². The lowest BCUT2D eigenvalue weighted by Crippen LogP contribution is -1.87. The third kappa shape index (κ3) is 6.41. The highest BCUT2D eigenvalue weighted by Crippen LogP contribution is 2.11. The number of hydrogen-bond acceptors (Lipinski definition) is 2. The minimum Gasteiger partial charge on any atom is -0.497 e. The van der Waals surface area contributed by atoms with Gasteiger partial charge in [0.05, 0.1) is 7.11 Å². The number of carbonyl (C=O) groups is 1. The van der Waals surface area contributed by atoms with Crippen LogP contribution in [0.3, 0.4) is 0 Å². The molecule has 0 spiro atoms. The van der Waals surface area contributed by atoms with E-state index in [-0.39, 0.29) is 0 Å². The normalized spacial score (nSPS) is 9.16. The summed E-state index contributed by atoms with van der Waals surface area (Å²) in [7, 11) is 1.64. The van der Waals surface area contributed by atoms with Crippen LogP contribution in [0.2, 0.25) is 0 Å². The molecule has 0 unspecified atom stereocenters. The first-order valence-electron chi connectivity index (χ1n) is 6.34. The van der Waals surface area contributed by atoms with Gasteiger partial charge in [-0.05, 0) is 31.0 Å². The predicted molar refractivity (Wildman–Crippen MR) is 78.6 cm³/mol. The molecule has 0 N–H and O–H groups in total. The fraction of sp³-hybridized carbons (Fsp3) is 0.235. The smallest absolute Gasteiger partial charge is 0.120 e. The van der Waals surface area contributed by atoms with Crippen molar-refractivity contribution in [3.8, 4) is 5.75 Å². The van der Waals surface area contributed by atoms with E-state index < -0.39 is 0 Å². The Hall–Kier alpha value is -2.09. The number of aldehydes is 1. The van der Waals surface area contributed by atoms with Crippen molar-refractivity contribution in [1.82, 2.24) is 0 Å². The standard InChI is InChI=1S/C10H12O2.C7H8/c1-12-10-6-4-9(5-7-10)3-2-8-11;1-7-5-3-2-4-6-7/h4-8H,2-3H2,1H3;2-6H,1H3. The van der Waals surface area contributed by atoms with Crippen molar-refractivity contribution in [3.63, 3.8) is 0 Å². The SMILES string of the molecule is COc1ccc(CCC=O)cc1.Cc1ccccc1. The van der Waals surface area contributed by atoms with Crippen molar-refractivity contribution < 1.29 is 9.53 Å². The van der Waals surface area contributed by atoms with Gasteiger partial charge in [0.25, 0.3) is 0 Å². The zero-order valence-corrected chi connectivity index (χ0v) is 11.5. The first kappa shape index (κ1) is 15.0. The van der Waals surface area contributed by atoms with Crippen LogP contribution in [0.1, 0.15) is 17.5 Å². The average molecular weight is 256 g/mol. The molecule has 0 radical (unpaired) electrons. The van der Waals surface area contributed by atoms with Gasteiger partial charge in [0, 0.05) is 6.42 Å². The Labute approximate surface area is 115 Å². The summed E-state index contributed by atoms with van der Waals surface area (Å²) >= 11 is 0. The maximum atomic E-state index is 10.1. The Kier molecular flexibility index (Phi) is 7.03. The predicted octanol–water partition coefficient (Wildman–Crippen LogP) is 3.82. The number of carbonyl (C=O) groups excluding carboxylic acids is 1. The van der Waals surface area contributed by atoms with E-state index in [0.29, 0.717) is 6.42 Å². The van der Waals surface area contributed by atoms with Crippen molar-refractivity contribution >= 4 is 6.29 Å². The van der Waals surface area contributed by atoms with Crippen LogP contribution in [-0.4, -0.2) is 13.4 Å². The first-order valence-corrected chi connectivity index (χ1v) is 6.34. The molecule has 0 saturated heterocycles. The fourth-order valence-electron chi connectivity index (χ4n) is 1.55. The van der Waals surface area contributed by atoms with Crippen molar-refractivity contribution in [1.29, 1.82) is 0 Å². The maximum Gasteiger partial charge on any atom is 0.120 e. The van der Waals surface area contributed by atoms with Gasteiger partial charge in [-0.25, -0.2) is 0 Å². The van der Waals surface area contributed by atoms with Crippen LogP contribution in [-0.2, 0) is 11.2 Å². The first-order chi connectivity index (χ1) is 9.26. The van der Waals surface area contributed by atoms with Gasteiger partial charge in [-0.1, -0.05) is 48.0 Å². The Balaban J connectivity index is 0.000000218. The lowest BCUT2D eigenvalue weighted by Gasteiger charge is -2.00. The van der Waals surface area contributed by atoms with Crippen LogP contribution < -0.4 is 4.74 Å². The minimum absolute atomic E-state index is 0.590. The largest absolute Gasteiger partial charge is 0.497 e. The Morgan fingerprint density at radius 1 is 1.00 bits per heavy atom. The lowest BCUT2D eigenvalue weighted by molar-refractivity contribution is -0.107. The van der Waals surface area contributed by atoms with Gasteiger partial charge in [0.15, 0.2) is 0 Å². The molecule has 0 aromatic heterocycles. The number of methoxy groups -OCH3 is 1. The molecule has 0 aliphatic carbocycles. The molecule has 100 valence electrons. The molecule has 19 heavy (non-hydrogen) atoms. The lowest BCUT2D eigenvalue weighted by atomic mass is 10.1. The molecule has 2 heteroatoms. The highest BCUT2D eigenvalue weighted by molar-refractivity contribution is 5.50. The Morgan fingerprint density at radius 3 is 2.05 bits per heavy atom. The zero-order chi connectivity index (χ0) is 13.9. The van der Waals surface area contributed by atoms with Crippen LogP contribution in [0, 0.1) is 6.92 Å². The molecule has 2 aromatic carbocycles. The zero-order valence-electron chi connectivity index (χ0n) is 11.5. The van der Waals surface area contributed by atoms with Crippen molar-refractivity contribution in [2.45, 2.75) is 19.8 Å². The van der Waals surface area contributed by atoms with Gasteiger partial charge in [-0.2, -0.15) is 0 Å². The number of benzene rings is 2. The monoisotopic (exact) mass is 256 g/mol. The minimum atomic E-state index is 0.590.